The summed E-state index contributed by atoms with van der Waals surface area (Å²) in [5, 5.41) is 0.299. The van der Waals surface area contributed by atoms with Gasteiger partial charge in [0.1, 0.15) is 12.4 Å². The molecule has 0 atom stereocenters. The first-order chi connectivity index (χ1) is 15.4. The molecule has 162 valence electrons. The summed E-state index contributed by atoms with van der Waals surface area (Å²) in [7, 11) is 1.49. The minimum Gasteiger partial charge on any atom is -0.493 e. The van der Waals surface area contributed by atoms with E-state index in [0.29, 0.717) is 22.1 Å². The SMILES string of the molecule is COc1cc(/C=C2\N=C(c3cccc(C)c3)OC2=O)cc(Cl)c1OCc1ccc(F)cc1. The van der Waals surface area contributed by atoms with Crippen molar-refractivity contribution >= 4 is 29.5 Å². The van der Waals surface area contributed by atoms with Crippen molar-refractivity contribution in [2.75, 3.05) is 7.11 Å². The van der Waals surface area contributed by atoms with Crippen LogP contribution in [0.2, 0.25) is 5.02 Å². The molecular weight excluding hydrogens is 433 g/mol. The van der Waals surface area contributed by atoms with E-state index in [2.05, 4.69) is 4.99 Å². The summed E-state index contributed by atoms with van der Waals surface area (Å²) in [5.74, 6) is 0.121. The molecule has 1 heterocycles. The number of cyclic esters (lactones) is 1. The Kier molecular flexibility index (Phi) is 6.23. The summed E-state index contributed by atoms with van der Waals surface area (Å²) in [6.07, 6.45) is 1.57. The van der Waals surface area contributed by atoms with E-state index in [9.17, 15) is 9.18 Å². The molecule has 0 spiro atoms. The average Bonchev–Trinajstić information content (AvgIpc) is 3.14. The second kappa shape index (κ2) is 9.24. The van der Waals surface area contributed by atoms with Gasteiger partial charge in [0, 0.05) is 5.56 Å². The Labute approximate surface area is 189 Å². The third-order valence-electron chi connectivity index (χ3n) is 4.74. The predicted octanol–water partition coefficient (Wildman–Crippen LogP) is 5.72. The highest BCUT2D eigenvalue weighted by Crippen LogP contribution is 2.38. The fraction of sp³-hybridized carbons (Fsp3) is 0.120. The molecule has 1 aliphatic rings. The lowest BCUT2D eigenvalue weighted by atomic mass is 10.1. The Morgan fingerprint density at radius 2 is 1.91 bits per heavy atom. The lowest BCUT2D eigenvalue weighted by Gasteiger charge is -2.13. The van der Waals surface area contributed by atoms with Gasteiger partial charge in [0.25, 0.3) is 0 Å². The van der Waals surface area contributed by atoms with Gasteiger partial charge in [-0.3, -0.25) is 0 Å². The minimum atomic E-state index is -0.548. The second-order valence-corrected chi connectivity index (χ2v) is 7.56. The van der Waals surface area contributed by atoms with Gasteiger partial charge in [-0.15, -0.1) is 0 Å². The quantitative estimate of drug-likeness (QED) is 0.355. The number of ether oxygens (including phenoxy) is 3. The number of rotatable bonds is 6. The number of hydrogen-bond donors (Lipinski definition) is 0. The van der Waals surface area contributed by atoms with E-state index in [1.165, 1.54) is 19.2 Å². The lowest BCUT2D eigenvalue weighted by Crippen LogP contribution is -2.05. The van der Waals surface area contributed by atoms with Gasteiger partial charge >= 0.3 is 5.97 Å². The van der Waals surface area contributed by atoms with Crippen molar-refractivity contribution in [3.05, 3.63) is 99.5 Å². The number of halogens is 2. The first-order valence-electron chi connectivity index (χ1n) is 9.77. The van der Waals surface area contributed by atoms with Gasteiger partial charge < -0.3 is 14.2 Å². The molecule has 3 aromatic carbocycles. The Morgan fingerprint density at radius 3 is 2.62 bits per heavy atom. The van der Waals surface area contributed by atoms with Crippen LogP contribution in [0.25, 0.3) is 6.08 Å². The van der Waals surface area contributed by atoms with E-state index in [1.54, 1.807) is 30.3 Å². The van der Waals surface area contributed by atoms with E-state index in [0.717, 1.165) is 16.7 Å². The molecule has 0 unspecified atom stereocenters. The number of nitrogens with zero attached hydrogens (tertiary/aromatic N) is 1. The van der Waals surface area contributed by atoms with E-state index in [4.69, 9.17) is 25.8 Å². The first-order valence-corrected chi connectivity index (χ1v) is 10.1. The molecule has 4 rings (SSSR count). The van der Waals surface area contributed by atoms with Crippen LogP contribution in [0.3, 0.4) is 0 Å². The number of aliphatic imine (C=N–C) groups is 1. The number of methoxy groups -OCH3 is 1. The molecule has 32 heavy (non-hydrogen) atoms. The molecular formula is C25H19ClFNO4. The van der Waals surface area contributed by atoms with Crippen LogP contribution in [0.1, 0.15) is 22.3 Å². The van der Waals surface area contributed by atoms with E-state index < -0.39 is 5.97 Å². The number of esters is 1. The van der Waals surface area contributed by atoms with Crippen LogP contribution in [0.4, 0.5) is 4.39 Å². The molecule has 0 amide bonds. The molecule has 0 aromatic heterocycles. The van der Waals surface area contributed by atoms with E-state index in [-0.39, 0.29) is 24.0 Å². The van der Waals surface area contributed by atoms with Gasteiger partial charge in [-0.1, -0.05) is 41.4 Å². The summed E-state index contributed by atoms with van der Waals surface area (Å²) in [6, 6.07) is 16.9. The van der Waals surface area contributed by atoms with Crippen molar-refractivity contribution in [3.8, 4) is 11.5 Å². The van der Waals surface area contributed by atoms with Crippen LogP contribution in [0.15, 0.2) is 71.4 Å². The van der Waals surface area contributed by atoms with Crippen molar-refractivity contribution in [1.29, 1.82) is 0 Å². The molecule has 0 fully saturated rings. The number of hydrogen-bond acceptors (Lipinski definition) is 5. The summed E-state index contributed by atoms with van der Waals surface area (Å²) in [5.41, 5.74) is 3.29. The summed E-state index contributed by atoms with van der Waals surface area (Å²) >= 11 is 6.42. The van der Waals surface area contributed by atoms with E-state index >= 15 is 0 Å². The normalized spacial score (nSPS) is 14.3. The maximum absolute atomic E-state index is 13.1. The minimum absolute atomic E-state index is 0.152. The number of carbonyl (C=O) groups is 1. The molecule has 0 saturated carbocycles. The molecule has 0 aliphatic carbocycles. The maximum Gasteiger partial charge on any atom is 0.363 e. The zero-order chi connectivity index (χ0) is 22.7. The maximum atomic E-state index is 13.1. The molecule has 1 aliphatic heterocycles. The van der Waals surface area contributed by atoms with Crippen LogP contribution in [0.5, 0.6) is 11.5 Å². The Morgan fingerprint density at radius 1 is 1.12 bits per heavy atom. The summed E-state index contributed by atoms with van der Waals surface area (Å²) in [6.45, 7) is 2.14. The van der Waals surface area contributed by atoms with Crippen molar-refractivity contribution in [1.82, 2.24) is 0 Å². The van der Waals surface area contributed by atoms with Gasteiger partial charge in [-0.2, -0.15) is 0 Å². The molecule has 0 saturated heterocycles. The van der Waals surface area contributed by atoms with Crippen LogP contribution >= 0.6 is 11.6 Å². The van der Waals surface area contributed by atoms with Gasteiger partial charge in [0.2, 0.25) is 5.90 Å². The Bertz CT molecular complexity index is 1240. The zero-order valence-corrected chi connectivity index (χ0v) is 18.2. The molecule has 0 radical (unpaired) electrons. The van der Waals surface area contributed by atoms with Gasteiger partial charge in [-0.25, -0.2) is 14.2 Å². The van der Waals surface area contributed by atoms with Gasteiger partial charge in [0.05, 0.1) is 12.1 Å². The van der Waals surface area contributed by atoms with Crippen molar-refractivity contribution in [2.45, 2.75) is 13.5 Å². The van der Waals surface area contributed by atoms with Crippen LogP contribution < -0.4 is 9.47 Å². The molecule has 3 aromatic rings. The monoisotopic (exact) mass is 451 g/mol. The summed E-state index contributed by atoms with van der Waals surface area (Å²) < 4.78 is 29.6. The average molecular weight is 452 g/mol. The van der Waals surface area contributed by atoms with Crippen molar-refractivity contribution in [3.63, 3.8) is 0 Å². The number of carbonyl (C=O) groups excluding carboxylic acids is 1. The fourth-order valence-corrected chi connectivity index (χ4v) is 3.44. The molecule has 5 nitrogen and oxygen atoms in total. The largest absolute Gasteiger partial charge is 0.493 e. The topological polar surface area (TPSA) is 57.1 Å². The predicted molar refractivity (Wildman–Crippen MR) is 121 cm³/mol. The Balaban J connectivity index is 1.59. The standard InChI is InChI=1S/C25H19ClFNO4/c1-15-4-3-5-18(10-15)24-28-21(25(29)32-24)12-17-11-20(26)23(22(13-17)30-2)31-14-16-6-8-19(27)9-7-16/h3-13H,14H2,1-2H3/b21-12-. The third-order valence-corrected chi connectivity index (χ3v) is 5.02. The highest BCUT2D eigenvalue weighted by atomic mass is 35.5. The third kappa shape index (κ3) is 4.81. The zero-order valence-electron chi connectivity index (χ0n) is 17.4. The Hall–Kier alpha value is -3.64. The lowest BCUT2D eigenvalue weighted by molar-refractivity contribution is -0.129. The first kappa shape index (κ1) is 21.6. The molecule has 7 heteroatoms. The fourth-order valence-electron chi connectivity index (χ4n) is 3.17. The smallest absolute Gasteiger partial charge is 0.363 e. The summed E-state index contributed by atoms with van der Waals surface area (Å²) in [4.78, 5) is 16.6. The van der Waals surface area contributed by atoms with Crippen molar-refractivity contribution in [2.24, 2.45) is 4.99 Å². The van der Waals surface area contributed by atoms with E-state index in [1.807, 2.05) is 31.2 Å². The number of benzene rings is 3. The molecule has 0 N–H and O–H groups in total. The number of aryl methyl sites for hydroxylation is 1. The van der Waals surface area contributed by atoms with Gasteiger partial charge in [-0.05, 0) is 60.5 Å². The van der Waals surface area contributed by atoms with Crippen molar-refractivity contribution < 1.29 is 23.4 Å². The van der Waals surface area contributed by atoms with Crippen LogP contribution in [0, 0.1) is 12.7 Å². The second-order valence-electron chi connectivity index (χ2n) is 7.15. The molecule has 0 bridgehead atoms. The van der Waals surface area contributed by atoms with Crippen LogP contribution in [-0.2, 0) is 16.1 Å². The highest BCUT2D eigenvalue weighted by molar-refractivity contribution is 6.32. The van der Waals surface area contributed by atoms with Gasteiger partial charge in [0.15, 0.2) is 17.2 Å². The highest BCUT2D eigenvalue weighted by Gasteiger charge is 2.24. The van der Waals surface area contributed by atoms with Crippen LogP contribution in [-0.4, -0.2) is 19.0 Å².